The van der Waals surface area contributed by atoms with Gasteiger partial charge in [0.25, 0.3) is 0 Å². The smallest absolute Gasteiger partial charge is 0.106 e. The van der Waals surface area contributed by atoms with E-state index in [9.17, 15) is 0 Å². The second kappa shape index (κ2) is 14.8. The zero-order valence-electron chi connectivity index (χ0n) is 35.6. The number of para-hydroxylation sites is 2. The molecule has 4 heteroatoms. The number of hydrogen-bond acceptors (Lipinski definition) is 2. The van der Waals surface area contributed by atoms with Gasteiger partial charge in [-0.3, -0.25) is 9.97 Å². The van der Waals surface area contributed by atoms with Crippen LogP contribution in [-0.2, 0) is 13.1 Å². The fourth-order valence-corrected chi connectivity index (χ4v) is 14.0. The maximum Gasteiger partial charge on any atom is 0.106 e. The predicted molar refractivity (Wildman–Crippen MR) is 250 cm³/mol. The van der Waals surface area contributed by atoms with Gasteiger partial charge in [0, 0.05) is 83.6 Å². The van der Waals surface area contributed by atoms with Crippen LogP contribution in [0, 0.1) is 23.7 Å². The van der Waals surface area contributed by atoms with Crippen molar-refractivity contribution in [2.45, 2.75) is 76.5 Å². The molecule has 4 unspecified atom stereocenters. The Morgan fingerprint density at radius 2 is 0.900 bits per heavy atom. The predicted octanol–water partition coefficient (Wildman–Crippen LogP) is 12.5. The van der Waals surface area contributed by atoms with Crippen LogP contribution in [0.2, 0.25) is 0 Å². The van der Waals surface area contributed by atoms with E-state index in [0.29, 0.717) is 47.6 Å². The average Bonchev–Trinajstić information content (AvgIpc) is 3.31. The molecule has 10 atom stereocenters. The van der Waals surface area contributed by atoms with E-state index in [-0.39, 0.29) is 0 Å². The van der Waals surface area contributed by atoms with Crippen LogP contribution in [0.15, 0.2) is 147 Å². The Kier molecular flexibility index (Phi) is 9.32. The molecule has 0 amide bonds. The quantitative estimate of drug-likeness (QED) is 0.0784. The molecule has 0 N–H and O–H groups in total. The minimum absolute atomic E-state index is 0.412. The molecule has 6 saturated heterocycles. The van der Waals surface area contributed by atoms with E-state index < -0.39 is 0 Å². The summed E-state index contributed by atoms with van der Waals surface area (Å²) in [7, 11) is 0. The molecule has 4 bridgehead atoms. The molecule has 0 saturated carbocycles. The molecule has 0 aliphatic carbocycles. The first-order valence-electron chi connectivity index (χ1n) is 23.0. The fraction of sp³-hybridized carbons (Fsp3) is 0.357. The van der Waals surface area contributed by atoms with Crippen LogP contribution >= 0.6 is 0 Å². The van der Waals surface area contributed by atoms with Gasteiger partial charge < -0.3 is 8.97 Å². The second-order valence-electron chi connectivity index (χ2n) is 19.5. The van der Waals surface area contributed by atoms with Crippen molar-refractivity contribution < 1.29 is 8.97 Å². The summed E-state index contributed by atoms with van der Waals surface area (Å²) in [5.74, 6) is 3.36. The number of hydrogen-bond donors (Lipinski definition) is 0. The summed E-state index contributed by atoms with van der Waals surface area (Å²) in [6, 6.07) is 42.3. The van der Waals surface area contributed by atoms with Crippen LogP contribution < -0.4 is 0 Å². The van der Waals surface area contributed by atoms with Gasteiger partial charge in [0.2, 0.25) is 0 Å². The lowest BCUT2D eigenvalue weighted by Crippen LogP contribution is -2.67. The van der Waals surface area contributed by atoms with Crippen LogP contribution in [0.1, 0.15) is 73.6 Å². The van der Waals surface area contributed by atoms with E-state index in [4.69, 9.17) is 9.97 Å². The van der Waals surface area contributed by atoms with Gasteiger partial charge >= 0.3 is 0 Å². The fourth-order valence-electron chi connectivity index (χ4n) is 14.0. The highest BCUT2D eigenvalue weighted by Gasteiger charge is 2.55. The molecule has 60 heavy (non-hydrogen) atoms. The van der Waals surface area contributed by atoms with Crippen molar-refractivity contribution in [1.29, 1.82) is 0 Å². The molecule has 6 fully saturated rings. The zero-order valence-corrected chi connectivity index (χ0v) is 35.6. The van der Waals surface area contributed by atoms with Gasteiger partial charge in [-0.1, -0.05) is 111 Å². The average molecular weight is 789 g/mol. The number of nitrogens with zero attached hydrogens (tertiary/aromatic N) is 4. The molecule has 0 spiro atoms. The van der Waals surface area contributed by atoms with E-state index >= 15 is 0 Å². The van der Waals surface area contributed by atoms with Gasteiger partial charge in [-0.25, -0.2) is 0 Å². The summed E-state index contributed by atoms with van der Waals surface area (Å²) in [6.07, 6.45) is 13.8. The van der Waals surface area contributed by atoms with Crippen LogP contribution in [0.5, 0.6) is 0 Å². The van der Waals surface area contributed by atoms with Crippen molar-refractivity contribution in [3.8, 4) is 0 Å². The lowest BCUT2D eigenvalue weighted by molar-refractivity contribution is -0.982. The number of benzene rings is 5. The number of piperidine rings is 6. The Bertz CT molecular complexity index is 2530. The standard InChI is InChI=1S/C56H60N4/c1-5-39-33-59(29-25-41(39)31-55(59)37(3)43-23-27-57-53-21-13-11-19-49(43)53)35-51-45-15-7-9-17-47(45)52(48-18-10-8-16-46(48)51)36-60-30-26-42(40(6-2)34-60)32-56(60)38(4)44-24-28-58-54-22-14-12-20-50(44)54/h5-24,27-28,37-42,55-56H,1-2,25-26,29-36H2,3-4H3/q+2/t37-,38-,39?,40?,41?,42?,55+,56+,59+,60+/m1/s1. The van der Waals surface area contributed by atoms with Crippen molar-refractivity contribution in [3.63, 3.8) is 0 Å². The monoisotopic (exact) mass is 788 g/mol. The van der Waals surface area contributed by atoms with Gasteiger partial charge in [-0.2, -0.15) is 0 Å². The maximum absolute atomic E-state index is 4.78. The SMILES string of the molecule is C=CC1C[N@+]2(Cc3c4ccccc4c(C[N@@+]45CCC(C[C@H]4[C@H](C)c4ccnc6ccccc46)C(C=C)C5)c4ccccc34)CCC1C[C@H]2[C@H](C)c1ccnc2ccccc12. The molecule has 5 aromatic carbocycles. The Balaban J connectivity index is 1.04. The third-order valence-corrected chi connectivity index (χ3v) is 17.0. The van der Waals surface area contributed by atoms with Gasteiger partial charge in [0.15, 0.2) is 0 Å². The first kappa shape index (κ1) is 37.8. The summed E-state index contributed by atoms with van der Waals surface area (Å²) < 4.78 is 2.25. The minimum atomic E-state index is 0.412. The molecule has 2 aromatic heterocycles. The van der Waals surface area contributed by atoms with E-state index in [0.717, 1.165) is 33.1 Å². The van der Waals surface area contributed by atoms with Gasteiger partial charge in [0.05, 0.1) is 49.3 Å². The van der Waals surface area contributed by atoms with Crippen LogP contribution in [0.3, 0.4) is 0 Å². The number of quaternary nitrogens is 2. The van der Waals surface area contributed by atoms with E-state index in [2.05, 4.69) is 148 Å². The Morgan fingerprint density at radius 1 is 0.533 bits per heavy atom. The first-order chi connectivity index (χ1) is 29.4. The highest BCUT2D eigenvalue weighted by atomic mass is 15.4. The molecule has 13 rings (SSSR count). The zero-order chi connectivity index (χ0) is 40.6. The normalized spacial score (nSPS) is 29.6. The number of fused-ring (bicyclic) bond motifs is 10. The van der Waals surface area contributed by atoms with Crippen LogP contribution in [0.25, 0.3) is 43.4 Å². The number of aromatic nitrogens is 2. The topological polar surface area (TPSA) is 25.8 Å². The van der Waals surface area contributed by atoms with Gasteiger partial charge in [-0.15, -0.1) is 13.2 Å². The second-order valence-corrected chi connectivity index (χ2v) is 19.5. The number of rotatable bonds is 10. The molecule has 302 valence electrons. The Labute approximate surface area is 356 Å². The Hall–Kier alpha value is -5.16. The largest absolute Gasteiger partial charge is 0.316 e. The van der Waals surface area contributed by atoms with Crippen LogP contribution in [-0.4, -0.2) is 57.2 Å². The highest BCUT2D eigenvalue weighted by Crippen LogP contribution is 2.52. The van der Waals surface area contributed by atoms with Gasteiger partial charge in [0.1, 0.15) is 13.1 Å². The van der Waals surface area contributed by atoms with Crippen LogP contribution in [0.4, 0.5) is 0 Å². The molecule has 6 aliphatic heterocycles. The van der Waals surface area contributed by atoms with Crippen molar-refractivity contribution >= 4 is 43.4 Å². The molecule has 6 aliphatic rings. The van der Waals surface area contributed by atoms with Crippen molar-refractivity contribution in [3.05, 3.63) is 169 Å². The number of pyridine rings is 2. The van der Waals surface area contributed by atoms with Crippen molar-refractivity contribution in [2.24, 2.45) is 23.7 Å². The summed E-state index contributed by atoms with van der Waals surface area (Å²) in [5, 5.41) is 8.45. The minimum Gasteiger partial charge on any atom is -0.316 e. The lowest BCUT2D eigenvalue weighted by atomic mass is 9.68. The van der Waals surface area contributed by atoms with E-state index in [1.165, 1.54) is 95.3 Å². The van der Waals surface area contributed by atoms with Gasteiger partial charge in [-0.05, 0) is 68.8 Å². The third-order valence-electron chi connectivity index (χ3n) is 17.0. The molecular weight excluding hydrogens is 729 g/mol. The van der Waals surface area contributed by atoms with E-state index in [1.54, 1.807) is 11.1 Å². The summed E-state index contributed by atoms with van der Waals surface area (Å²) >= 11 is 0. The van der Waals surface area contributed by atoms with E-state index in [1.807, 2.05) is 12.4 Å². The van der Waals surface area contributed by atoms with Crippen molar-refractivity contribution in [1.82, 2.24) is 9.97 Å². The molecule has 4 nitrogen and oxygen atoms in total. The molecule has 8 heterocycles. The summed E-state index contributed by atoms with van der Waals surface area (Å²) in [5.41, 5.74) is 8.21. The lowest BCUT2D eigenvalue weighted by Gasteiger charge is -2.59. The first-order valence-corrected chi connectivity index (χ1v) is 23.0. The molecule has 0 radical (unpaired) electrons. The van der Waals surface area contributed by atoms with Crippen molar-refractivity contribution in [2.75, 3.05) is 26.2 Å². The molecule has 7 aromatic rings. The highest BCUT2D eigenvalue weighted by molar-refractivity contribution is 6.05. The third kappa shape index (κ3) is 5.92. The Morgan fingerprint density at radius 3 is 1.28 bits per heavy atom. The summed E-state index contributed by atoms with van der Waals surface area (Å²) in [6.45, 7) is 20.8. The maximum atomic E-state index is 4.78. The molecular formula is C56H60N4+2. The summed E-state index contributed by atoms with van der Waals surface area (Å²) in [4.78, 5) is 9.57.